The summed E-state index contributed by atoms with van der Waals surface area (Å²) in [4.78, 5) is 2.32. The molecule has 0 radical (unpaired) electrons. The summed E-state index contributed by atoms with van der Waals surface area (Å²) < 4.78 is 5.55. The molecule has 0 amide bonds. The van der Waals surface area contributed by atoms with Gasteiger partial charge in [0.05, 0.1) is 13.2 Å². The summed E-state index contributed by atoms with van der Waals surface area (Å²) >= 11 is 0. The van der Waals surface area contributed by atoms with Crippen molar-refractivity contribution >= 4 is 0 Å². The predicted molar refractivity (Wildman–Crippen MR) is 78.7 cm³/mol. The molecule has 1 aromatic rings. The van der Waals surface area contributed by atoms with Crippen molar-refractivity contribution in [3.05, 3.63) is 28.8 Å². The molecule has 2 atom stereocenters. The van der Waals surface area contributed by atoms with E-state index >= 15 is 0 Å². The van der Waals surface area contributed by atoms with E-state index in [4.69, 9.17) is 10.5 Å². The molecule has 0 bridgehead atoms. The smallest absolute Gasteiger partial charge is 0.126 e. The van der Waals surface area contributed by atoms with Crippen LogP contribution in [0.5, 0.6) is 5.75 Å². The lowest BCUT2D eigenvalue weighted by Gasteiger charge is -2.35. The molecule has 0 aromatic heterocycles. The third-order valence-electron chi connectivity index (χ3n) is 3.85. The molecule has 1 heterocycles. The number of methoxy groups -OCH3 is 1. The lowest BCUT2D eigenvalue weighted by atomic mass is 9.94. The van der Waals surface area contributed by atoms with Gasteiger partial charge in [-0.1, -0.05) is 17.7 Å². The summed E-state index contributed by atoms with van der Waals surface area (Å²) in [5.41, 5.74) is 9.96. The van der Waals surface area contributed by atoms with E-state index in [2.05, 4.69) is 43.2 Å². The Labute approximate surface area is 115 Å². The van der Waals surface area contributed by atoms with E-state index in [1.54, 1.807) is 7.11 Å². The fraction of sp³-hybridized carbons (Fsp3) is 0.600. The lowest BCUT2D eigenvalue weighted by Crippen LogP contribution is -2.53. The van der Waals surface area contributed by atoms with Gasteiger partial charge in [0.2, 0.25) is 0 Å². The Balaban J connectivity index is 2.29. The number of aryl methyl sites for hydroxylation is 2. The molecule has 1 fully saturated rings. The van der Waals surface area contributed by atoms with Crippen LogP contribution in [0.2, 0.25) is 0 Å². The average Bonchev–Trinajstić information content (AvgIpc) is 2.37. The molecule has 1 aliphatic rings. The summed E-state index contributed by atoms with van der Waals surface area (Å²) in [6.45, 7) is 7.21. The molecule has 4 heteroatoms. The monoisotopic (exact) mass is 263 g/mol. The van der Waals surface area contributed by atoms with E-state index in [-0.39, 0.29) is 12.1 Å². The number of likely N-dealkylation sites (N-methyl/N-ethyl adjacent to an activating group) is 1. The molecule has 0 saturated carbocycles. The van der Waals surface area contributed by atoms with Gasteiger partial charge in [-0.15, -0.1) is 0 Å². The normalized spacial score (nSPS) is 22.3. The van der Waals surface area contributed by atoms with Crippen LogP contribution in [0, 0.1) is 13.8 Å². The average molecular weight is 263 g/mol. The van der Waals surface area contributed by atoms with Gasteiger partial charge in [-0.2, -0.15) is 0 Å². The van der Waals surface area contributed by atoms with Crippen molar-refractivity contribution in [2.24, 2.45) is 5.73 Å². The van der Waals surface area contributed by atoms with Gasteiger partial charge in [-0.25, -0.2) is 0 Å². The number of rotatable bonds is 3. The maximum Gasteiger partial charge on any atom is 0.126 e. The minimum absolute atomic E-state index is 0.0451. The molecule has 0 spiro atoms. The first-order valence-corrected chi connectivity index (χ1v) is 6.85. The first-order valence-electron chi connectivity index (χ1n) is 6.85. The number of piperazine rings is 1. The number of ether oxygens (including phenoxy) is 1. The molecular formula is C15H25N3O. The Bertz CT molecular complexity index is 447. The van der Waals surface area contributed by atoms with E-state index in [1.807, 2.05) is 0 Å². The van der Waals surface area contributed by atoms with E-state index in [1.165, 1.54) is 5.56 Å². The number of nitrogens with two attached hydrogens (primary N) is 1. The maximum atomic E-state index is 6.48. The zero-order valence-electron chi connectivity index (χ0n) is 12.4. The Morgan fingerprint density at radius 1 is 1.42 bits per heavy atom. The van der Waals surface area contributed by atoms with Gasteiger partial charge in [-0.3, -0.25) is 0 Å². The molecule has 19 heavy (non-hydrogen) atoms. The zero-order chi connectivity index (χ0) is 14.0. The first kappa shape index (κ1) is 14.3. The van der Waals surface area contributed by atoms with Gasteiger partial charge in [-0.05, 0) is 26.5 Å². The van der Waals surface area contributed by atoms with Crippen molar-refractivity contribution in [2.75, 3.05) is 33.8 Å². The molecular weight excluding hydrogens is 238 g/mol. The molecule has 3 N–H and O–H groups in total. The SMILES string of the molecule is COc1c(C)cc(C)cc1C(N)C1CN(C)CCN1. The van der Waals surface area contributed by atoms with E-state index < -0.39 is 0 Å². The third-order valence-corrected chi connectivity index (χ3v) is 3.85. The fourth-order valence-electron chi connectivity index (χ4n) is 2.90. The number of benzene rings is 1. The predicted octanol–water partition coefficient (Wildman–Crippen LogP) is 1.22. The summed E-state index contributed by atoms with van der Waals surface area (Å²) in [7, 11) is 3.85. The topological polar surface area (TPSA) is 50.5 Å². The van der Waals surface area contributed by atoms with Crippen LogP contribution >= 0.6 is 0 Å². The van der Waals surface area contributed by atoms with Crippen LogP contribution in [0.1, 0.15) is 22.7 Å². The number of hydrogen-bond donors (Lipinski definition) is 2. The minimum Gasteiger partial charge on any atom is -0.496 e. The van der Waals surface area contributed by atoms with Crippen LogP contribution in [0.15, 0.2) is 12.1 Å². The Morgan fingerprint density at radius 2 is 2.16 bits per heavy atom. The van der Waals surface area contributed by atoms with Crippen molar-refractivity contribution in [3.63, 3.8) is 0 Å². The van der Waals surface area contributed by atoms with Crippen molar-refractivity contribution in [3.8, 4) is 5.75 Å². The summed E-state index contributed by atoms with van der Waals surface area (Å²) in [5, 5.41) is 3.52. The minimum atomic E-state index is -0.0451. The highest BCUT2D eigenvalue weighted by Gasteiger charge is 2.26. The number of nitrogens with one attached hydrogen (secondary N) is 1. The quantitative estimate of drug-likeness (QED) is 0.861. The molecule has 2 rings (SSSR count). The second kappa shape index (κ2) is 5.90. The van der Waals surface area contributed by atoms with Gasteiger partial charge in [0.1, 0.15) is 5.75 Å². The summed E-state index contributed by atoms with van der Waals surface area (Å²) in [6, 6.07) is 4.51. The van der Waals surface area contributed by atoms with Crippen LogP contribution in [-0.4, -0.2) is 44.7 Å². The van der Waals surface area contributed by atoms with Gasteiger partial charge >= 0.3 is 0 Å². The van der Waals surface area contributed by atoms with E-state index in [9.17, 15) is 0 Å². The van der Waals surface area contributed by atoms with E-state index in [0.29, 0.717) is 0 Å². The second-order valence-corrected chi connectivity index (χ2v) is 5.55. The molecule has 1 aliphatic heterocycles. The zero-order valence-corrected chi connectivity index (χ0v) is 12.4. The molecule has 4 nitrogen and oxygen atoms in total. The Hall–Kier alpha value is -1.10. The van der Waals surface area contributed by atoms with Gasteiger partial charge < -0.3 is 20.7 Å². The van der Waals surface area contributed by atoms with Crippen molar-refractivity contribution in [1.82, 2.24) is 10.2 Å². The van der Waals surface area contributed by atoms with Gasteiger partial charge in [0.15, 0.2) is 0 Å². The van der Waals surface area contributed by atoms with Crippen LogP contribution < -0.4 is 15.8 Å². The number of hydrogen-bond acceptors (Lipinski definition) is 4. The standard InChI is InChI=1S/C15H25N3O/c1-10-7-11(2)15(19-4)12(8-10)14(16)13-9-18(3)6-5-17-13/h7-8,13-14,17H,5-6,9,16H2,1-4H3. The molecule has 0 aliphatic carbocycles. The third kappa shape index (κ3) is 3.08. The Morgan fingerprint density at radius 3 is 2.79 bits per heavy atom. The summed E-state index contributed by atoms with van der Waals surface area (Å²) in [5.74, 6) is 0.924. The van der Waals surface area contributed by atoms with Crippen LogP contribution in [0.25, 0.3) is 0 Å². The maximum absolute atomic E-state index is 6.48. The largest absolute Gasteiger partial charge is 0.496 e. The lowest BCUT2D eigenvalue weighted by molar-refractivity contribution is 0.218. The van der Waals surface area contributed by atoms with E-state index in [0.717, 1.165) is 36.5 Å². The van der Waals surface area contributed by atoms with Crippen LogP contribution in [-0.2, 0) is 0 Å². The van der Waals surface area contributed by atoms with Gasteiger partial charge in [0.25, 0.3) is 0 Å². The van der Waals surface area contributed by atoms with Crippen molar-refractivity contribution in [2.45, 2.75) is 25.9 Å². The summed E-state index contributed by atoms with van der Waals surface area (Å²) in [6.07, 6.45) is 0. The highest BCUT2D eigenvalue weighted by molar-refractivity contribution is 5.46. The van der Waals surface area contributed by atoms with Crippen molar-refractivity contribution < 1.29 is 4.74 Å². The highest BCUT2D eigenvalue weighted by atomic mass is 16.5. The van der Waals surface area contributed by atoms with Crippen LogP contribution in [0.3, 0.4) is 0 Å². The Kier molecular flexibility index (Phi) is 4.45. The first-order chi connectivity index (χ1) is 9.02. The fourth-order valence-corrected chi connectivity index (χ4v) is 2.90. The highest BCUT2D eigenvalue weighted by Crippen LogP contribution is 2.31. The molecule has 1 saturated heterocycles. The van der Waals surface area contributed by atoms with Crippen molar-refractivity contribution in [1.29, 1.82) is 0 Å². The van der Waals surface area contributed by atoms with Gasteiger partial charge in [0, 0.05) is 31.2 Å². The molecule has 2 unspecified atom stereocenters. The second-order valence-electron chi connectivity index (χ2n) is 5.55. The van der Waals surface area contributed by atoms with Crippen LogP contribution in [0.4, 0.5) is 0 Å². The number of nitrogens with zero attached hydrogens (tertiary/aromatic N) is 1. The molecule has 1 aromatic carbocycles. The molecule has 106 valence electrons.